The van der Waals surface area contributed by atoms with E-state index in [1.54, 1.807) is 0 Å². The van der Waals surface area contributed by atoms with Gasteiger partial charge in [-0.15, -0.1) is 0 Å². The van der Waals surface area contributed by atoms with Crippen LogP contribution in [0.25, 0.3) is 0 Å². The summed E-state index contributed by atoms with van der Waals surface area (Å²) < 4.78 is 6.40. The molecule has 92 valence electrons. The molecule has 2 atom stereocenters. The zero-order valence-corrected chi connectivity index (χ0v) is 11.5. The fraction of sp³-hybridized carbons (Fsp3) is 0.462. The van der Waals surface area contributed by atoms with Gasteiger partial charge in [0.2, 0.25) is 4.38 Å². The first-order chi connectivity index (χ1) is 8.29. The first-order valence-corrected chi connectivity index (χ1v) is 7.46. The molecular formula is C13H17NOS2. The van der Waals surface area contributed by atoms with Gasteiger partial charge >= 0.3 is 0 Å². The fourth-order valence-corrected chi connectivity index (χ4v) is 2.48. The minimum Gasteiger partial charge on any atom is -0.475 e. The Bertz CT molecular complexity index is 369. The van der Waals surface area contributed by atoms with Crippen molar-refractivity contribution in [2.24, 2.45) is 0 Å². The second kappa shape index (κ2) is 6.38. The van der Waals surface area contributed by atoms with Gasteiger partial charge in [-0.1, -0.05) is 42.1 Å². The lowest BCUT2D eigenvalue weighted by atomic mass is 9.95. The van der Waals surface area contributed by atoms with E-state index in [9.17, 15) is 0 Å². The fourth-order valence-electron chi connectivity index (χ4n) is 2.11. The van der Waals surface area contributed by atoms with E-state index in [1.165, 1.54) is 17.3 Å². The van der Waals surface area contributed by atoms with Gasteiger partial charge < -0.3 is 10.1 Å². The molecule has 2 unspecified atom stereocenters. The van der Waals surface area contributed by atoms with Crippen LogP contribution in [0.3, 0.4) is 0 Å². The molecule has 17 heavy (non-hydrogen) atoms. The summed E-state index contributed by atoms with van der Waals surface area (Å²) in [4.78, 5) is 0. The molecule has 2 nitrogen and oxygen atoms in total. The molecule has 1 aliphatic heterocycles. The van der Waals surface area contributed by atoms with Crippen LogP contribution in [-0.4, -0.2) is 23.3 Å². The zero-order valence-electron chi connectivity index (χ0n) is 9.89. The van der Waals surface area contributed by atoms with E-state index >= 15 is 0 Å². The highest BCUT2D eigenvalue weighted by atomic mass is 32.2. The van der Waals surface area contributed by atoms with Crippen molar-refractivity contribution in [2.75, 3.05) is 12.8 Å². The molecule has 1 N–H and O–H groups in total. The Kier molecular flexibility index (Phi) is 4.83. The summed E-state index contributed by atoms with van der Waals surface area (Å²) in [6.45, 7) is 0.987. The molecule has 1 aromatic rings. The second-order valence-electron chi connectivity index (χ2n) is 4.14. The summed E-state index contributed by atoms with van der Waals surface area (Å²) in [6, 6.07) is 10.9. The van der Waals surface area contributed by atoms with Crippen LogP contribution >= 0.6 is 24.0 Å². The van der Waals surface area contributed by atoms with Crippen LogP contribution in [0.1, 0.15) is 24.4 Å². The molecule has 1 saturated heterocycles. The minimum atomic E-state index is 0.251. The number of nitrogens with one attached hydrogen (secondary N) is 1. The minimum absolute atomic E-state index is 0.251. The van der Waals surface area contributed by atoms with Crippen LogP contribution in [-0.2, 0) is 4.74 Å². The number of piperidine rings is 1. The van der Waals surface area contributed by atoms with Gasteiger partial charge in [0.1, 0.15) is 6.10 Å². The molecule has 0 radical (unpaired) electrons. The van der Waals surface area contributed by atoms with Gasteiger partial charge in [-0.3, -0.25) is 0 Å². The highest BCUT2D eigenvalue weighted by Gasteiger charge is 2.24. The summed E-state index contributed by atoms with van der Waals surface area (Å²) in [5, 5.41) is 3.53. The van der Waals surface area contributed by atoms with Gasteiger partial charge in [0.15, 0.2) is 0 Å². The molecule has 1 aromatic carbocycles. The average Bonchev–Trinajstić information content (AvgIpc) is 2.40. The lowest BCUT2D eigenvalue weighted by Crippen LogP contribution is -2.36. The van der Waals surface area contributed by atoms with Crippen LogP contribution in [0.15, 0.2) is 30.3 Å². The van der Waals surface area contributed by atoms with Crippen molar-refractivity contribution in [1.82, 2.24) is 5.32 Å². The summed E-state index contributed by atoms with van der Waals surface area (Å²) in [5.41, 5.74) is 1.33. The third-order valence-corrected chi connectivity index (χ3v) is 4.01. The van der Waals surface area contributed by atoms with E-state index in [-0.39, 0.29) is 6.10 Å². The maximum atomic E-state index is 5.75. The molecule has 1 aliphatic rings. The topological polar surface area (TPSA) is 21.3 Å². The average molecular weight is 267 g/mol. The number of hydrogen-bond acceptors (Lipinski definition) is 4. The van der Waals surface area contributed by atoms with E-state index in [4.69, 9.17) is 17.0 Å². The molecule has 0 amide bonds. The van der Waals surface area contributed by atoms with Crippen molar-refractivity contribution in [1.29, 1.82) is 0 Å². The monoisotopic (exact) mass is 267 g/mol. The molecule has 0 saturated carbocycles. The van der Waals surface area contributed by atoms with Gasteiger partial charge in [0.25, 0.3) is 0 Å². The highest BCUT2D eigenvalue weighted by Crippen LogP contribution is 2.25. The van der Waals surface area contributed by atoms with Gasteiger partial charge in [-0.2, -0.15) is 0 Å². The van der Waals surface area contributed by atoms with Crippen LogP contribution in [0.2, 0.25) is 0 Å². The van der Waals surface area contributed by atoms with Crippen molar-refractivity contribution in [3.63, 3.8) is 0 Å². The first kappa shape index (κ1) is 12.9. The van der Waals surface area contributed by atoms with Gasteiger partial charge in [0.05, 0.1) is 0 Å². The molecule has 0 bridgehead atoms. The Balaban J connectivity index is 1.95. The third kappa shape index (κ3) is 3.69. The number of benzene rings is 1. The molecule has 0 aliphatic carbocycles. The summed E-state index contributed by atoms with van der Waals surface area (Å²) >= 11 is 6.62. The number of rotatable bonds is 2. The lowest BCUT2D eigenvalue weighted by Gasteiger charge is -2.30. The summed E-state index contributed by atoms with van der Waals surface area (Å²) in [5.74, 6) is 0. The maximum absolute atomic E-state index is 5.75. The van der Waals surface area contributed by atoms with Crippen molar-refractivity contribution >= 4 is 28.4 Å². The Morgan fingerprint density at radius 1 is 1.41 bits per heavy atom. The molecule has 2 rings (SSSR count). The molecular weight excluding hydrogens is 250 g/mol. The normalized spacial score (nSPS) is 24.3. The van der Waals surface area contributed by atoms with Crippen molar-refractivity contribution in [2.45, 2.75) is 25.0 Å². The van der Waals surface area contributed by atoms with Crippen LogP contribution in [0.5, 0.6) is 0 Å². The number of ether oxygens (including phenoxy) is 1. The Morgan fingerprint density at radius 3 is 2.88 bits per heavy atom. The van der Waals surface area contributed by atoms with Crippen molar-refractivity contribution < 1.29 is 4.74 Å². The molecule has 1 heterocycles. The van der Waals surface area contributed by atoms with Gasteiger partial charge in [-0.25, -0.2) is 0 Å². The number of hydrogen-bond donors (Lipinski definition) is 1. The molecule has 4 heteroatoms. The van der Waals surface area contributed by atoms with E-state index in [0.717, 1.165) is 19.4 Å². The number of thioether (sulfide) groups is 1. The SMILES string of the molecule is CSC(=S)OC1CCNC(c2ccccc2)C1. The van der Waals surface area contributed by atoms with Crippen LogP contribution < -0.4 is 5.32 Å². The predicted molar refractivity (Wildman–Crippen MR) is 77.4 cm³/mol. The van der Waals surface area contributed by atoms with E-state index in [0.29, 0.717) is 10.4 Å². The predicted octanol–water partition coefficient (Wildman–Crippen LogP) is 3.14. The molecule has 0 aromatic heterocycles. The first-order valence-electron chi connectivity index (χ1n) is 5.82. The Morgan fingerprint density at radius 2 is 2.18 bits per heavy atom. The van der Waals surface area contributed by atoms with E-state index in [1.807, 2.05) is 12.3 Å². The van der Waals surface area contributed by atoms with E-state index < -0.39 is 0 Å². The third-order valence-electron chi connectivity index (χ3n) is 2.99. The maximum Gasteiger partial charge on any atom is 0.219 e. The zero-order chi connectivity index (χ0) is 12.1. The van der Waals surface area contributed by atoms with Crippen LogP contribution in [0.4, 0.5) is 0 Å². The van der Waals surface area contributed by atoms with Gasteiger partial charge in [-0.05, 0) is 37.0 Å². The van der Waals surface area contributed by atoms with E-state index in [2.05, 4.69) is 29.6 Å². The Labute approximate surface area is 112 Å². The summed E-state index contributed by atoms with van der Waals surface area (Å²) in [7, 11) is 0. The molecule has 1 fully saturated rings. The second-order valence-corrected chi connectivity index (χ2v) is 5.54. The molecule has 0 spiro atoms. The van der Waals surface area contributed by atoms with Crippen molar-refractivity contribution in [3.05, 3.63) is 35.9 Å². The highest BCUT2D eigenvalue weighted by molar-refractivity contribution is 8.22. The largest absolute Gasteiger partial charge is 0.475 e. The number of thiocarbonyl (C=S) groups is 1. The smallest absolute Gasteiger partial charge is 0.219 e. The standard InChI is InChI=1S/C13H17NOS2/c1-17-13(16)15-11-7-8-14-12(9-11)10-5-3-2-4-6-10/h2-6,11-12,14H,7-9H2,1H3. The van der Waals surface area contributed by atoms with Gasteiger partial charge in [0, 0.05) is 12.5 Å². The lowest BCUT2D eigenvalue weighted by molar-refractivity contribution is 0.137. The van der Waals surface area contributed by atoms with Crippen LogP contribution in [0, 0.1) is 0 Å². The van der Waals surface area contributed by atoms with Crippen molar-refractivity contribution in [3.8, 4) is 0 Å². The quantitative estimate of drug-likeness (QED) is 0.831. The Hall–Kier alpha value is -0.580. The summed E-state index contributed by atoms with van der Waals surface area (Å²) in [6.07, 6.45) is 4.23.